The molecule has 0 aliphatic heterocycles. The van der Waals surface area contributed by atoms with Crippen molar-refractivity contribution in [1.29, 1.82) is 0 Å². The van der Waals surface area contributed by atoms with Crippen molar-refractivity contribution < 1.29 is 9.59 Å². The lowest BCUT2D eigenvalue weighted by atomic mass is 10.2. The maximum absolute atomic E-state index is 12.5. The Bertz CT molecular complexity index is 483. The predicted octanol–water partition coefficient (Wildman–Crippen LogP) is 2.46. The summed E-state index contributed by atoms with van der Waals surface area (Å²) in [6.07, 6.45) is 1.63. The Labute approximate surface area is 127 Å². The van der Waals surface area contributed by atoms with Crippen molar-refractivity contribution in [2.75, 3.05) is 13.1 Å². The van der Waals surface area contributed by atoms with E-state index in [1.54, 1.807) is 11.0 Å². The van der Waals surface area contributed by atoms with Crippen LogP contribution in [0.1, 0.15) is 26.3 Å². The maximum atomic E-state index is 12.5. The molecule has 0 spiro atoms. The molecule has 0 saturated heterocycles. The van der Waals surface area contributed by atoms with E-state index in [4.69, 9.17) is 0 Å². The van der Waals surface area contributed by atoms with Gasteiger partial charge in [0.2, 0.25) is 11.8 Å². The van der Waals surface area contributed by atoms with E-state index < -0.39 is 0 Å². The Balaban J connectivity index is 2.78. The summed E-state index contributed by atoms with van der Waals surface area (Å²) < 4.78 is 0. The first kappa shape index (κ1) is 17.0. The van der Waals surface area contributed by atoms with Gasteiger partial charge in [0, 0.05) is 26.1 Å². The lowest BCUT2D eigenvalue weighted by Gasteiger charge is -2.29. The molecule has 0 aliphatic carbocycles. The summed E-state index contributed by atoms with van der Waals surface area (Å²) in [4.78, 5) is 27.3. The van der Waals surface area contributed by atoms with Gasteiger partial charge < -0.3 is 9.80 Å². The predicted molar refractivity (Wildman–Crippen MR) is 84.6 cm³/mol. The third-order valence-corrected chi connectivity index (χ3v) is 3.26. The summed E-state index contributed by atoms with van der Waals surface area (Å²) in [6, 6.07) is 9.93. The SMILES string of the molecule is C=CCN(CC(=O)N(Cc1ccccc1)C(C)C)C(C)=O. The molecule has 2 amide bonds. The number of amides is 2. The maximum Gasteiger partial charge on any atom is 0.242 e. The fourth-order valence-electron chi connectivity index (χ4n) is 2.05. The summed E-state index contributed by atoms with van der Waals surface area (Å²) in [5.41, 5.74) is 1.08. The number of nitrogens with zero attached hydrogens (tertiary/aromatic N) is 2. The second-order valence-electron chi connectivity index (χ2n) is 5.29. The Morgan fingerprint density at radius 3 is 2.33 bits per heavy atom. The quantitative estimate of drug-likeness (QED) is 0.723. The van der Waals surface area contributed by atoms with Gasteiger partial charge in [0.1, 0.15) is 6.54 Å². The summed E-state index contributed by atoms with van der Waals surface area (Å²) in [7, 11) is 0. The van der Waals surface area contributed by atoms with Crippen LogP contribution in [0.25, 0.3) is 0 Å². The molecule has 21 heavy (non-hydrogen) atoms. The number of benzene rings is 1. The van der Waals surface area contributed by atoms with Gasteiger partial charge >= 0.3 is 0 Å². The van der Waals surface area contributed by atoms with E-state index in [0.717, 1.165) is 5.56 Å². The van der Waals surface area contributed by atoms with Gasteiger partial charge in [-0.05, 0) is 19.4 Å². The molecule has 114 valence electrons. The van der Waals surface area contributed by atoms with E-state index in [0.29, 0.717) is 13.1 Å². The number of carbonyl (C=O) groups is 2. The first-order valence-corrected chi connectivity index (χ1v) is 7.15. The van der Waals surface area contributed by atoms with Gasteiger partial charge in [-0.25, -0.2) is 0 Å². The Morgan fingerprint density at radius 1 is 1.24 bits per heavy atom. The molecule has 0 saturated carbocycles. The Hall–Kier alpha value is -2.10. The molecule has 1 rings (SSSR count). The van der Waals surface area contributed by atoms with Gasteiger partial charge in [0.15, 0.2) is 0 Å². The zero-order valence-corrected chi connectivity index (χ0v) is 13.1. The summed E-state index contributed by atoms with van der Waals surface area (Å²) in [6.45, 7) is 10.1. The molecular formula is C17H24N2O2. The minimum absolute atomic E-state index is 0.0501. The molecule has 0 heterocycles. The summed E-state index contributed by atoms with van der Waals surface area (Å²) >= 11 is 0. The molecule has 0 unspecified atom stereocenters. The average molecular weight is 288 g/mol. The highest BCUT2D eigenvalue weighted by molar-refractivity contribution is 5.84. The van der Waals surface area contributed by atoms with Gasteiger partial charge in [0.05, 0.1) is 0 Å². The van der Waals surface area contributed by atoms with Crippen LogP contribution in [-0.2, 0) is 16.1 Å². The van der Waals surface area contributed by atoms with Crippen molar-refractivity contribution in [3.05, 3.63) is 48.6 Å². The van der Waals surface area contributed by atoms with Crippen LogP contribution < -0.4 is 0 Å². The van der Waals surface area contributed by atoms with Gasteiger partial charge in [0.25, 0.3) is 0 Å². The number of hydrogen-bond donors (Lipinski definition) is 0. The number of rotatable bonds is 7. The van der Waals surface area contributed by atoms with Gasteiger partial charge in [-0.2, -0.15) is 0 Å². The molecule has 0 aromatic heterocycles. The Morgan fingerprint density at radius 2 is 1.86 bits per heavy atom. The van der Waals surface area contributed by atoms with E-state index >= 15 is 0 Å². The minimum Gasteiger partial charge on any atom is -0.334 e. The topological polar surface area (TPSA) is 40.6 Å². The molecule has 0 atom stereocenters. The first-order chi connectivity index (χ1) is 9.95. The van der Waals surface area contributed by atoms with E-state index in [-0.39, 0.29) is 24.4 Å². The van der Waals surface area contributed by atoms with Gasteiger partial charge in [-0.3, -0.25) is 9.59 Å². The summed E-state index contributed by atoms with van der Waals surface area (Å²) in [5, 5.41) is 0. The van der Waals surface area contributed by atoms with Gasteiger partial charge in [-0.1, -0.05) is 36.4 Å². The van der Waals surface area contributed by atoms with Crippen LogP contribution in [0, 0.1) is 0 Å². The lowest BCUT2D eigenvalue weighted by Crippen LogP contribution is -2.44. The molecule has 0 bridgehead atoms. The van der Waals surface area contributed by atoms with Crippen molar-refractivity contribution >= 4 is 11.8 Å². The van der Waals surface area contributed by atoms with Crippen LogP contribution in [0.3, 0.4) is 0 Å². The van der Waals surface area contributed by atoms with E-state index in [1.165, 1.54) is 11.8 Å². The number of carbonyl (C=O) groups excluding carboxylic acids is 2. The molecule has 0 radical (unpaired) electrons. The average Bonchev–Trinajstić information content (AvgIpc) is 2.44. The molecular weight excluding hydrogens is 264 g/mol. The Kier molecular flexibility index (Phi) is 6.66. The van der Waals surface area contributed by atoms with Crippen LogP contribution in [0.2, 0.25) is 0 Å². The van der Waals surface area contributed by atoms with Crippen molar-refractivity contribution in [1.82, 2.24) is 9.80 Å². The smallest absolute Gasteiger partial charge is 0.242 e. The van der Waals surface area contributed by atoms with Crippen molar-refractivity contribution in [2.24, 2.45) is 0 Å². The molecule has 1 aromatic rings. The molecule has 0 aliphatic rings. The largest absolute Gasteiger partial charge is 0.334 e. The summed E-state index contributed by atoms with van der Waals surface area (Å²) in [5.74, 6) is -0.169. The van der Waals surface area contributed by atoms with Crippen molar-refractivity contribution in [3.8, 4) is 0 Å². The third-order valence-electron chi connectivity index (χ3n) is 3.26. The molecule has 4 nitrogen and oxygen atoms in total. The highest BCUT2D eigenvalue weighted by Crippen LogP contribution is 2.09. The number of hydrogen-bond acceptors (Lipinski definition) is 2. The molecule has 1 aromatic carbocycles. The monoisotopic (exact) mass is 288 g/mol. The fraction of sp³-hybridized carbons (Fsp3) is 0.412. The second kappa shape index (κ2) is 8.25. The minimum atomic E-state index is -0.119. The van der Waals surface area contributed by atoms with E-state index in [9.17, 15) is 9.59 Å². The molecule has 0 fully saturated rings. The zero-order chi connectivity index (χ0) is 15.8. The van der Waals surface area contributed by atoms with Crippen LogP contribution in [0.4, 0.5) is 0 Å². The van der Waals surface area contributed by atoms with Crippen LogP contribution in [0.15, 0.2) is 43.0 Å². The van der Waals surface area contributed by atoms with Crippen LogP contribution in [0.5, 0.6) is 0 Å². The zero-order valence-electron chi connectivity index (χ0n) is 13.1. The van der Waals surface area contributed by atoms with Crippen LogP contribution >= 0.6 is 0 Å². The second-order valence-corrected chi connectivity index (χ2v) is 5.29. The normalized spacial score (nSPS) is 10.3. The van der Waals surface area contributed by atoms with Crippen LogP contribution in [-0.4, -0.2) is 40.7 Å². The van der Waals surface area contributed by atoms with Crippen molar-refractivity contribution in [3.63, 3.8) is 0 Å². The highest BCUT2D eigenvalue weighted by Gasteiger charge is 2.20. The van der Waals surface area contributed by atoms with E-state index in [1.807, 2.05) is 44.2 Å². The standard InChI is InChI=1S/C17H24N2O2/c1-5-11-18(15(4)20)13-17(21)19(14(2)3)12-16-9-7-6-8-10-16/h5-10,14H,1,11-13H2,2-4H3. The fourth-order valence-corrected chi connectivity index (χ4v) is 2.05. The molecule has 0 N–H and O–H groups in total. The lowest BCUT2D eigenvalue weighted by molar-refractivity contribution is -0.140. The van der Waals surface area contributed by atoms with Crippen molar-refractivity contribution in [2.45, 2.75) is 33.4 Å². The molecule has 4 heteroatoms. The van der Waals surface area contributed by atoms with Gasteiger partial charge in [-0.15, -0.1) is 6.58 Å². The highest BCUT2D eigenvalue weighted by atomic mass is 16.2. The first-order valence-electron chi connectivity index (χ1n) is 7.15. The third kappa shape index (κ3) is 5.42. The van der Waals surface area contributed by atoms with E-state index in [2.05, 4.69) is 6.58 Å².